The molecule has 0 radical (unpaired) electrons. The third-order valence-corrected chi connectivity index (χ3v) is 6.93. The molecule has 1 aliphatic heterocycles. The van der Waals surface area contributed by atoms with Crippen LogP contribution in [0.3, 0.4) is 0 Å². The molecule has 1 aromatic heterocycles. The average molecular weight is 462 g/mol. The molecule has 33 heavy (non-hydrogen) atoms. The van der Waals surface area contributed by atoms with Crippen molar-refractivity contribution in [2.75, 3.05) is 15.5 Å². The van der Waals surface area contributed by atoms with Crippen molar-refractivity contribution >= 4 is 46.1 Å². The van der Waals surface area contributed by atoms with Crippen molar-refractivity contribution in [3.8, 4) is 0 Å². The lowest BCUT2D eigenvalue weighted by Gasteiger charge is -2.40. The van der Waals surface area contributed by atoms with Gasteiger partial charge in [0, 0.05) is 35.3 Å². The zero-order valence-electron chi connectivity index (χ0n) is 18.9. The highest BCUT2D eigenvalue weighted by Crippen LogP contribution is 2.42. The number of anilines is 3. The summed E-state index contributed by atoms with van der Waals surface area (Å²) in [5.41, 5.74) is 4.01. The Morgan fingerprint density at radius 2 is 1.67 bits per heavy atom. The number of benzene rings is 2. The van der Waals surface area contributed by atoms with Gasteiger partial charge in [-0.2, -0.15) is 0 Å². The normalized spacial score (nSPS) is 18.2. The molecule has 2 N–H and O–H groups in total. The number of hydrogen-bond acceptors (Lipinski definition) is 4. The SMILES string of the molecule is CC(=O)Nc1cccc(NC(=O)C2CCC(=O)N(c3ccc(C)cc3)C2c2cccs2)c1C. The minimum Gasteiger partial charge on any atom is -0.326 e. The van der Waals surface area contributed by atoms with Gasteiger partial charge in [0.25, 0.3) is 0 Å². The molecule has 2 heterocycles. The second-order valence-electron chi connectivity index (χ2n) is 8.35. The third kappa shape index (κ3) is 4.83. The van der Waals surface area contributed by atoms with Crippen LogP contribution in [-0.4, -0.2) is 17.7 Å². The number of nitrogens with one attached hydrogen (secondary N) is 2. The number of rotatable bonds is 5. The van der Waals surface area contributed by atoms with Gasteiger partial charge in [0.15, 0.2) is 0 Å². The maximum Gasteiger partial charge on any atom is 0.229 e. The largest absolute Gasteiger partial charge is 0.326 e. The van der Waals surface area contributed by atoms with Crippen LogP contribution in [0.15, 0.2) is 60.0 Å². The molecule has 1 fully saturated rings. The van der Waals surface area contributed by atoms with E-state index in [0.29, 0.717) is 24.2 Å². The Hall–Kier alpha value is -3.45. The van der Waals surface area contributed by atoms with E-state index in [0.717, 1.165) is 21.7 Å². The molecule has 1 aliphatic rings. The highest BCUT2D eigenvalue weighted by Gasteiger charge is 2.42. The highest BCUT2D eigenvalue weighted by molar-refractivity contribution is 7.10. The summed E-state index contributed by atoms with van der Waals surface area (Å²) >= 11 is 1.55. The van der Waals surface area contributed by atoms with Gasteiger partial charge in [0.05, 0.1) is 12.0 Å². The molecule has 3 amide bonds. The second-order valence-corrected chi connectivity index (χ2v) is 9.33. The van der Waals surface area contributed by atoms with Crippen molar-refractivity contribution in [3.63, 3.8) is 0 Å². The number of carbonyl (C=O) groups is 3. The van der Waals surface area contributed by atoms with E-state index in [1.54, 1.807) is 28.4 Å². The van der Waals surface area contributed by atoms with Crippen molar-refractivity contribution < 1.29 is 14.4 Å². The van der Waals surface area contributed by atoms with Crippen molar-refractivity contribution in [2.45, 2.75) is 39.7 Å². The van der Waals surface area contributed by atoms with E-state index in [9.17, 15) is 14.4 Å². The van der Waals surface area contributed by atoms with Gasteiger partial charge in [-0.15, -0.1) is 11.3 Å². The zero-order valence-corrected chi connectivity index (χ0v) is 19.7. The molecule has 0 bridgehead atoms. The summed E-state index contributed by atoms with van der Waals surface area (Å²) in [5.74, 6) is -0.698. The maximum atomic E-state index is 13.6. The molecule has 1 saturated heterocycles. The summed E-state index contributed by atoms with van der Waals surface area (Å²) in [6.45, 7) is 5.32. The fourth-order valence-electron chi connectivity index (χ4n) is 4.28. The Morgan fingerprint density at radius 3 is 2.30 bits per heavy atom. The first kappa shape index (κ1) is 22.7. The van der Waals surface area contributed by atoms with Crippen molar-refractivity contribution in [3.05, 3.63) is 76.0 Å². The van der Waals surface area contributed by atoms with E-state index >= 15 is 0 Å². The molecule has 0 saturated carbocycles. The molecule has 2 aromatic carbocycles. The van der Waals surface area contributed by atoms with Crippen LogP contribution < -0.4 is 15.5 Å². The van der Waals surface area contributed by atoms with Crippen molar-refractivity contribution in [2.24, 2.45) is 5.92 Å². The minimum atomic E-state index is -0.411. The van der Waals surface area contributed by atoms with E-state index in [1.165, 1.54) is 6.92 Å². The second kappa shape index (κ2) is 9.58. The Kier molecular flexibility index (Phi) is 6.60. The van der Waals surface area contributed by atoms with Crippen LogP contribution in [0.25, 0.3) is 0 Å². The molecule has 0 spiro atoms. The number of hydrogen-bond donors (Lipinski definition) is 2. The molecule has 2 atom stereocenters. The van der Waals surface area contributed by atoms with Crippen LogP contribution in [0.2, 0.25) is 0 Å². The van der Waals surface area contributed by atoms with Gasteiger partial charge in [0.1, 0.15) is 0 Å². The average Bonchev–Trinajstić information content (AvgIpc) is 3.31. The zero-order chi connectivity index (χ0) is 23.5. The molecule has 7 heteroatoms. The molecular weight excluding hydrogens is 434 g/mol. The predicted octanol–water partition coefficient (Wildman–Crippen LogP) is 5.45. The van der Waals surface area contributed by atoms with Crippen LogP contribution in [-0.2, 0) is 14.4 Å². The van der Waals surface area contributed by atoms with Crippen molar-refractivity contribution in [1.29, 1.82) is 0 Å². The monoisotopic (exact) mass is 461 g/mol. The Morgan fingerprint density at radius 1 is 0.970 bits per heavy atom. The lowest BCUT2D eigenvalue weighted by Crippen LogP contribution is -2.46. The first-order chi connectivity index (χ1) is 15.8. The number of amides is 3. The van der Waals surface area contributed by atoms with Crippen LogP contribution >= 0.6 is 11.3 Å². The number of piperidine rings is 1. The Labute approximate surface area is 197 Å². The summed E-state index contributed by atoms with van der Waals surface area (Å²) in [4.78, 5) is 40.9. The maximum absolute atomic E-state index is 13.6. The molecular formula is C26H27N3O3S. The first-order valence-electron chi connectivity index (χ1n) is 11.0. The molecule has 6 nitrogen and oxygen atoms in total. The summed E-state index contributed by atoms with van der Waals surface area (Å²) in [6.07, 6.45) is 0.777. The topological polar surface area (TPSA) is 78.5 Å². The summed E-state index contributed by atoms with van der Waals surface area (Å²) in [5, 5.41) is 7.82. The van der Waals surface area contributed by atoms with Gasteiger partial charge in [-0.3, -0.25) is 14.4 Å². The van der Waals surface area contributed by atoms with Crippen LogP contribution in [0, 0.1) is 19.8 Å². The van der Waals surface area contributed by atoms with Crippen molar-refractivity contribution in [1.82, 2.24) is 0 Å². The van der Waals surface area contributed by atoms with E-state index in [4.69, 9.17) is 0 Å². The van der Waals surface area contributed by atoms with Gasteiger partial charge in [-0.25, -0.2) is 0 Å². The summed E-state index contributed by atoms with van der Waals surface area (Å²) in [6, 6.07) is 16.8. The van der Waals surface area contributed by atoms with Gasteiger partial charge in [0.2, 0.25) is 17.7 Å². The minimum absolute atomic E-state index is 0.0186. The fraction of sp³-hybridized carbons (Fsp3) is 0.269. The molecule has 2 unspecified atom stereocenters. The summed E-state index contributed by atoms with van der Waals surface area (Å²) in [7, 11) is 0. The lowest BCUT2D eigenvalue weighted by molar-refractivity contribution is -0.126. The van der Waals surface area contributed by atoms with Gasteiger partial charge in [-0.05, 0) is 61.5 Å². The number of aryl methyl sites for hydroxylation is 1. The van der Waals surface area contributed by atoms with Gasteiger partial charge >= 0.3 is 0 Å². The standard InChI is InChI=1S/C26H27N3O3S/c1-16-9-11-19(12-10-16)29-24(31)14-13-20(25(29)23-8-5-15-33-23)26(32)28-22-7-4-6-21(17(22)2)27-18(3)30/h4-12,15,20,25H,13-14H2,1-3H3,(H,27,30)(H,28,32). The third-order valence-electron chi connectivity index (χ3n) is 5.98. The molecule has 0 aliphatic carbocycles. The highest BCUT2D eigenvalue weighted by atomic mass is 32.1. The lowest BCUT2D eigenvalue weighted by atomic mass is 9.86. The number of thiophene rings is 1. The first-order valence-corrected chi connectivity index (χ1v) is 11.8. The van der Waals surface area contributed by atoms with Crippen LogP contribution in [0.5, 0.6) is 0 Å². The number of nitrogens with zero attached hydrogens (tertiary/aromatic N) is 1. The van der Waals surface area contributed by atoms with E-state index < -0.39 is 5.92 Å². The number of carbonyl (C=O) groups excluding carboxylic acids is 3. The van der Waals surface area contributed by atoms with Crippen LogP contribution in [0.1, 0.15) is 41.8 Å². The molecule has 4 rings (SSSR count). The van der Waals surface area contributed by atoms with E-state index in [2.05, 4.69) is 10.6 Å². The van der Waals surface area contributed by atoms with Gasteiger partial charge < -0.3 is 15.5 Å². The Balaban J connectivity index is 1.67. The van der Waals surface area contributed by atoms with E-state index in [1.807, 2.05) is 61.7 Å². The molecule has 170 valence electrons. The summed E-state index contributed by atoms with van der Waals surface area (Å²) < 4.78 is 0. The van der Waals surface area contributed by atoms with Crippen LogP contribution in [0.4, 0.5) is 17.1 Å². The smallest absolute Gasteiger partial charge is 0.229 e. The fourth-order valence-corrected chi connectivity index (χ4v) is 5.16. The molecule has 3 aromatic rings. The van der Waals surface area contributed by atoms with Gasteiger partial charge in [-0.1, -0.05) is 29.8 Å². The Bertz CT molecular complexity index is 1170. The quantitative estimate of drug-likeness (QED) is 0.531. The van der Waals surface area contributed by atoms with E-state index in [-0.39, 0.29) is 23.8 Å². The predicted molar refractivity (Wildman–Crippen MR) is 133 cm³/mol.